The first-order valence-electron chi connectivity index (χ1n) is 3.79. The highest BCUT2D eigenvalue weighted by Crippen LogP contribution is 2.39. The van der Waals surface area contributed by atoms with Crippen LogP contribution in [0.5, 0.6) is 5.75 Å². The molecular weight excluding hydrogens is 221 g/mol. The number of alkyl halides is 5. The molecule has 0 bridgehead atoms. The Balaban J connectivity index is 3.49. The van der Waals surface area contributed by atoms with Crippen molar-refractivity contribution in [2.24, 2.45) is 0 Å². The third kappa shape index (κ3) is 2.16. The van der Waals surface area contributed by atoms with E-state index in [4.69, 9.17) is 5.11 Å². The van der Waals surface area contributed by atoms with E-state index in [1.165, 1.54) is 0 Å². The summed E-state index contributed by atoms with van der Waals surface area (Å²) in [5.74, 6) is -0.758. The van der Waals surface area contributed by atoms with Crippen LogP contribution in [0.25, 0.3) is 0 Å². The molecule has 2 nitrogen and oxygen atoms in total. The molecule has 0 fully saturated rings. The van der Waals surface area contributed by atoms with Crippen LogP contribution in [0, 0.1) is 6.92 Å². The molecule has 0 aliphatic rings. The molecule has 0 aromatic carbocycles. The first-order chi connectivity index (χ1) is 6.75. The van der Waals surface area contributed by atoms with Crippen molar-refractivity contribution < 1.29 is 27.1 Å². The van der Waals surface area contributed by atoms with Crippen molar-refractivity contribution in [1.29, 1.82) is 0 Å². The number of halogens is 5. The van der Waals surface area contributed by atoms with E-state index in [-0.39, 0.29) is 0 Å². The predicted octanol–water partition coefficient (Wildman–Crippen LogP) is 3.05. The van der Waals surface area contributed by atoms with Crippen LogP contribution in [0.4, 0.5) is 22.0 Å². The van der Waals surface area contributed by atoms with Crippen LogP contribution in [-0.2, 0) is 6.18 Å². The molecule has 15 heavy (non-hydrogen) atoms. The van der Waals surface area contributed by atoms with Crippen LogP contribution < -0.4 is 0 Å². The van der Waals surface area contributed by atoms with Crippen LogP contribution in [0.15, 0.2) is 6.20 Å². The van der Waals surface area contributed by atoms with Gasteiger partial charge in [0, 0.05) is 5.56 Å². The molecule has 1 aromatic rings. The van der Waals surface area contributed by atoms with Crippen LogP contribution in [0.3, 0.4) is 0 Å². The molecule has 84 valence electrons. The van der Waals surface area contributed by atoms with Crippen LogP contribution in [0.1, 0.15) is 23.2 Å². The minimum Gasteiger partial charge on any atom is -0.506 e. The number of nitrogens with zero attached hydrogens (tertiary/aromatic N) is 1. The van der Waals surface area contributed by atoms with Gasteiger partial charge in [-0.25, -0.2) is 8.78 Å². The van der Waals surface area contributed by atoms with E-state index in [1.807, 2.05) is 0 Å². The van der Waals surface area contributed by atoms with Crippen LogP contribution in [-0.4, -0.2) is 10.1 Å². The summed E-state index contributed by atoms with van der Waals surface area (Å²) in [7, 11) is 0. The van der Waals surface area contributed by atoms with Crippen molar-refractivity contribution in [1.82, 2.24) is 4.98 Å². The molecule has 0 saturated carbocycles. The standard InChI is InChI=1S/C8H6F5NO/c1-3-4(15)2-14-6(7(9)10)5(3)8(11,12)13/h2,7,15H,1H3. The van der Waals surface area contributed by atoms with Gasteiger partial charge in [-0.15, -0.1) is 0 Å². The lowest BCUT2D eigenvalue weighted by atomic mass is 10.1. The van der Waals surface area contributed by atoms with E-state index in [2.05, 4.69) is 4.98 Å². The second-order valence-corrected chi connectivity index (χ2v) is 2.83. The fraction of sp³-hybridized carbons (Fsp3) is 0.375. The van der Waals surface area contributed by atoms with E-state index in [0.717, 1.165) is 6.92 Å². The van der Waals surface area contributed by atoms with Gasteiger partial charge in [0.15, 0.2) is 0 Å². The van der Waals surface area contributed by atoms with Crippen LogP contribution in [0.2, 0.25) is 0 Å². The SMILES string of the molecule is Cc1c(O)cnc(C(F)F)c1C(F)(F)F. The summed E-state index contributed by atoms with van der Waals surface area (Å²) in [5.41, 5.74) is -3.58. The van der Waals surface area contributed by atoms with E-state index in [1.54, 1.807) is 0 Å². The van der Waals surface area contributed by atoms with E-state index < -0.39 is 35.2 Å². The van der Waals surface area contributed by atoms with Crippen molar-refractivity contribution in [3.05, 3.63) is 23.0 Å². The normalized spacial score (nSPS) is 12.2. The van der Waals surface area contributed by atoms with Crippen molar-refractivity contribution in [2.75, 3.05) is 0 Å². The molecule has 0 aliphatic heterocycles. The Morgan fingerprint density at radius 1 is 1.33 bits per heavy atom. The third-order valence-corrected chi connectivity index (χ3v) is 1.83. The molecule has 1 N–H and O–H groups in total. The van der Waals surface area contributed by atoms with Gasteiger partial charge in [0.25, 0.3) is 6.43 Å². The zero-order chi connectivity index (χ0) is 11.8. The average molecular weight is 227 g/mol. The minimum absolute atomic E-state index is 0.575. The number of rotatable bonds is 1. The third-order valence-electron chi connectivity index (χ3n) is 1.83. The maximum Gasteiger partial charge on any atom is 0.418 e. The smallest absolute Gasteiger partial charge is 0.418 e. The Kier molecular flexibility index (Phi) is 2.83. The molecule has 0 unspecified atom stereocenters. The molecule has 0 atom stereocenters. The summed E-state index contributed by atoms with van der Waals surface area (Å²) in [6.45, 7) is 0.908. The molecule has 1 heterocycles. The summed E-state index contributed by atoms with van der Waals surface area (Å²) >= 11 is 0. The second-order valence-electron chi connectivity index (χ2n) is 2.83. The van der Waals surface area contributed by atoms with Crippen molar-refractivity contribution in [3.8, 4) is 5.75 Å². The van der Waals surface area contributed by atoms with Gasteiger partial charge in [0.1, 0.15) is 11.4 Å². The quantitative estimate of drug-likeness (QED) is 0.748. The lowest BCUT2D eigenvalue weighted by Gasteiger charge is -2.14. The monoisotopic (exact) mass is 227 g/mol. The molecule has 7 heteroatoms. The van der Waals surface area contributed by atoms with Crippen molar-refractivity contribution >= 4 is 0 Å². The molecular formula is C8H6F5NO. The number of aromatic hydroxyl groups is 1. The van der Waals surface area contributed by atoms with E-state index >= 15 is 0 Å². The fourth-order valence-corrected chi connectivity index (χ4v) is 1.14. The Morgan fingerprint density at radius 3 is 2.27 bits per heavy atom. The number of aromatic nitrogens is 1. The van der Waals surface area contributed by atoms with Gasteiger partial charge in [-0.05, 0) is 6.92 Å². The summed E-state index contributed by atoms with van der Waals surface area (Å²) in [4.78, 5) is 2.89. The maximum absolute atomic E-state index is 12.4. The Bertz CT molecular complexity index is 374. The fourth-order valence-electron chi connectivity index (χ4n) is 1.14. The van der Waals surface area contributed by atoms with Crippen molar-refractivity contribution in [2.45, 2.75) is 19.5 Å². The molecule has 0 saturated heterocycles. The summed E-state index contributed by atoms with van der Waals surface area (Å²) in [6.07, 6.45) is -7.71. The Hall–Kier alpha value is -1.40. The first kappa shape index (κ1) is 11.7. The highest BCUT2D eigenvalue weighted by Gasteiger charge is 2.39. The first-order valence-corrected chi connectivity index (χ1v) is 3.79. The van der Waals surface area contributed by atoms with Gasteiger partial charge in [0.05, 0.1) is 11.8 Å². The van der Waals surface area contributed by atoms with Gasteiger partial charge in [-0.3, -0.25) is 4.98 Å². The maximum atomic E-state index is 12.4. The van der Waals surface area contributed by atoms with E-state index in [0.29, 0.717) is 6.20 Å². The molecule has 1 aromatic heterocycles. The van der Waals surface area contributed by atoms with Gasteiger partial charge in [-0.1, -0.05) is 0 Å². The topological polar surface area (TPSA) is 33.1 Å². The summed E-state index contributed by atoms with van der Waals surface area (Å²) < 4.78 is 61.5. The Morgan fingerprint density at radius 2 is 1.87 bits per heavy atom. The highest BCUT2D eigenvalue weighted by atomic mass is 19.4. The molecule has 0 amide bonds. The van der Waals surface area contributed by atoms with Gasteiger partial charge in [-0.2, -0.15) is 13.2 Å². The summed E-state index contributed by atoms with van der Waals surface area (Å²) in [6, 6.07) is 0. The lowest BCUT2D eigenvalue weighted by Crippen LogP contribution is -2.13. The molecule has 0 aliphatic carbocycles. The van der Waals surface area contributed by atoms with Crippen molar-refractivity contribution in [3.63, 3.8) is 0 Å². The van der Waals surface area contributed by atoms with Gasteiger partial charge < -0.3 is 5.11 Å². The lowest BCUT2D eigenvalue weighted by molar-refractivity contribution is -0.140. The predicted molar refractivity (Wildman–Crippen MR) is 40.6 cm³/mol. The highest BCUT2D eigenvalue weighted by molar-refractivity contribution is 5.41. The average Bonchev–Trinajstić information content (AvgIpc) is 2.06. The zero-order valence-electron chi connectivity index (χ0n) is 7.44. The largest absolute Gasteiger partial charge is 0.506 e. The minimum atomic E-state index is -4.96. The summed E-state index contributed by atoms with van der Waals surface area (Å²) in [5, 5.41) is 8.96. The number of hydrogen-bond acceptors (Lipinski definition) is 2. The molecule has 1 rings (SSSR count). The molecule has 0 radical (unpaired) electrons. The zero-order valence-corrected chi connectivity index (χ0v) is 7.44. The molecule has 0 spiro atoms. The number of pyridine rings is 1. The second kappa shape index (κ2) is 3.63. The Labute approximate surface area is 81.4 Å². The van der Waals surface area contributed by atoms with E-state index in [9.17, 15) is 22.0 Å². The van der Waals surface area contributed by atoms with Crippen LogP contribution >= 0.6 is 0 Å². The number of hydrogen-bond donors (Lipinski definition) is 1. The van der Waals surface area contributed by atoms with Gasteiger partial charge in [0.2, 0.25) is 0 Å². The van der Waals surface area contributed by atoms with Gasteiger partial charge >= 0.3 is 6.18 Å².